The Morgan fingerprint density at radius 3 is 3.00 bits per heavy atom. The first kappa shape index (κ1) is 8.94. The molecular weight excluding hydrogens is 184 g/mol. The summed E-state index contributed by atoms with van der Waals surface area (Å²) in [7, 11) is 0. The molecule has 0 spiro atoms. The molecule has 0 aromatic heterocycles. The van der Waals surface area contributed by atoms with Crippen LogP contribution in [0.1, 0.15) is 26.2 Å². The molecule has 1 aliphatic carbocycles. The Kier molecular flexibility index (Phi) is 2.24. The number of hydrogen-bond donors (Lipinski definition) is 2. The van der Waals surface area contributed by atoms with Gasteiger partial charge in [0.2, 0.25) is 5.91 Å². The summed E-state index contributed by atoms with van der Waals surface area (Å²) in [5, 5.41) is 6.35. The van der Waals surface area contributed by atoms with Crippen molar-refractivity contribution < 1.29 is 4.79 Å². The van der Waals surface area contributed by atoms with Crippen LogP contribution in [-0.2, 0) is 4.79 Å². The lowest BCUT2D eigenvalue weighted by Crippen LogP contribution is -2.59. The summed E-state index contributed by atoms with van der Waals surface area (Å²) in [6, 6.07) is 0.289. The lowest BCUT2D eigenvalue weighted by Gasteiger charge is -2.38. The number of hydrogen-bond acceptors (Lipinski definition) is 2. The fourth-order valence-corrected chi connectivity index (χ4v) is 2.50. The molecule has 2 rings (SSSR count). The summed E-state index contributed by atoms with van der Waals surface area (Å²) in [6.07, 6.45) is 3.26. The van der Waals surface area contributed by atoms with E-state index in [1.54, 1.807) is 0 Å². The summed E-state index contributed by atoms with van der Waals surface area (Å²) in [4.78, 5) is 11.5. The smallest absolute Gasteiger partial charge is 0.231 e. The van der Waals surface area contributed by atoms with Gasteiger partial charge in [-0.05, 0) is 37.4 Å². The number of nitrogens with one attached hydrogen (secondary N) is 2. The van der Waals surface area contributed by atoms with E-state index >= 15 is 0 Å². The quantitative estimate of drug-likeness (QED) is 0.566. The van der Waals surface area contributed by atoms with Gasteiger partial charge in [0.05, 0.1) is 5.92 Å². The Morgan fingerprint density at radius 2 is 2.23 bits per heavy atom. The second-order valence-electron chi connectivity index (χ2n) is 4.09. The van der Waals surface area contributed by atoms with Gasteiger partial charge < -0.3 is 10.6 Å². The standard InChI is InChI=1S/C9H14N2OS/c1-5-2-3-7-6(4-5)8(12)11-9(13)10-7/h5-7H,2-4H2,1H3,(H2,10,11,12,13). The molecule has 13 heavy (non-hydrogen) atoms. The third-order valence-corrected chi connectivity index (χ3v) is 3.22. The van der Waals surface area contributed by atoms with Crippen LogP contribution >= 0.6 is 12.2 Å². The molecule has 0 aromatic carbocycles. The lowest BCUT2D eigenvalue weighted by atomic mass is 9.77. The van der Waals surface area contributed by atoms with Gasteiger partial charge in [0, 0.05) is 6.04 Å². The highest BCUT2D eigenvalue weighted by atomic mass is 32.1. The molecule has 2 aliphatic rings. The number of carbonyl (C=O) groups excluding carboxylic acids is 1. The first-order chi connectivity index (χ1) is 6.16. The van der Waals surface area contributed by atoms with Crippen molar-refractivity contribution in [3.8, 4) is 0 Å². The molecule has 0 aromatic rings. The van der Waals surface area contributed by atoms with Crippen LogP contribution in [0, 0.1) is 11.8 Å². The minimum absolute atomic E-state index is 0.111. The highest BCUT2D eigenvalue weighted by Gasteiger charge is 2.37. The number of carbonyl (C=O) groups is 1. The van der Waals surface area contributed by atoms with Gasteiger partial charge in [-0.25, -0.2) is 0 Å². The second kappa shape index (κ2) is 3.25. The van der Waals surface area contributed by atoms with Gasteiger partial charge >= 0.3 is 0 Å². The van der Waals surface area contributed by atoms with Crippen LogP contribution in [0.2, 0.25) is 0 Å². The van der Waals surface area contributed by atoms with Gasteiger partial charge in [-0.15, -0.1) is 0 Å². The normalized spacial score (nSPS) is 39.0. The Morgan fingerprint density at radius 1 is 1.46 bits per heavy atom. The van der Waals surface area contributed by atoms with E-state index in [1.807, 2.05) is 0 Å². The molecule has 1 heterocycles. The first-order valence-corrected chi connectivity index (χ1v) is 5.19. The van der Waals surface area contributed by atoms with E-state index < -0.39 is 0 Å². The van der Waals surface area contributed by atoms with Crippen molar-refractivity contribution in [2.45, 2.75) is 32.2 Å². The minimum atomic E-state index is 0.111. The summed E-state index contributed by atoms with van der Waals surface area (Å²) < 4.78 is 0. The molecule has 1 saturated heterocycles. The molecule has 3 atom stereocenters. The van der Waals surface area contributed by atoms with E-state index in [0.717, 1.165) is 12.8 Å². The molecule has 2 N–H and O–H groups in total. The maximum Gasteiger partial charge on any atom is 0.231 e. The van der Waals surface area contributed by atoms with Gasteiger partial charge in [-0.1, -0.05) is 6.92 Å². The monoisotopic (exact) mass is 198 g/mol. The number of rotatable bonds is 0. The molecular formula is C9H14N2OS. The average Bonchev–Trinajstić information content (AvgIpc) is 2.06. The second-order valence-corrected chi connectivity index (χ2v) is 4.50. The fourth-order valence-electron chi connectivity index (χ4n) is 2.25. The van der Waals surface area contributed by atoms with Crippen molar-refractivity contribution in [3.63, 3.8) is 0 Å². The highest BCUT2D eigenvalue weighted by molar-refractivity contribution is 7.80. The van der Waals surface area contributed by atoms with Crippen LogP contribution in [0.4, 0.5) is 0 Å². The molecule has 2 fully saturated rings. The van der Waals surface area contributed by atoms with E-state index in [1.165, 1.54) is 6.42 Å². The molecule has 3 unspecified atom stereocenters. The molecule has 0 bridgehead atoms. The van der Waals surface area contributed by atoms with E-state index in [0.29, 0.717) is 11.0 Å². The summed E-state index contributed by atoms with van der Waals surface area (Å²) in [5.41, 5.74) is 0. The van der Waals surface area contributed by atoms with Crippen LogP contribution < -0.4 is 10.6 Å². The van der Waals surface area contributed by atoms with Gasteiger partial charge in [-0.3, -0.25) is 4.79 Å². The number of fused-ring (bicyclic) bond motifs is 1. The third kappa shape index (κ3) is 1.68. The van der Waals surface area contributed by atoms with Gasteiger partial charge in [0.1, 0.15) is 0 Å². The molecule has 4 heteroatoms. The zero-order valence-electron chi connectivity index (χ0n) is 7.67. The molecule has 1 aliphatic heterocycles. The predicted molar refractivity (Wildman–Crippen MR) is 54.2 cm³/mol. The maximum atomic E-state index is 11.5. The molecule has 0 radical (unpaired) electrons. The zero-order valence-corrected chi connectivity index (χ0v) is 8.49. The van der Waals surface area contributed by atoms with Crippen LogP contribution in [0.3, 0.4) is 0 Å². The predicted octanol–water partition coefficient (Wildman–Crippen LogP) is 0.795. The minimum Gasteiger partial charge on any atom is -0.359 e. The van der Waals surface area contributed by atoms with E-state index in [-0.39, 0.29) is 17.9 Å². The number of amides is 1. The van der Waals surface area contributed by atoms with Crippen molar-refractivity contribution >= 4 is 23.2 Å². The van der Waals surface area contributed by atoms with Crippen molar-refractivity contribution in [2.75, 3.05) is 0 Å². The largest absolute Gasteiger partial charge is 0.359 e. The number of thiocarbonyl (C=S) groups is 1. The summed E-state index contributed by atoms with van der Waals surface area (Å²) >= 11 is 4.94. The average molecular weight is 198 g/mol. The molecule has 1 saturated carbocycles. The van der Waals surface area contributed by atoms with Crippen molar-refractivity contribution in [1.29, 1.82) is 0 Å². The third-order valence-electron chi connectivity index (χ3n) is 3.00. The van der Waals surface area contributed by atoms with Gasteiger partial charge in [-0.2, -0.15) is 0 Å². The highest BCUT2D eigenvalue weighted by Crippen LogP contribution is 2.30. The van der Waals surface area contributed by atoms with Crippen LogP contribution in [-0.4, -0.2) is 17.1 Å². The van der Waals surface area contributed by atoms with E-state index in [9.17, 15) is 4.79 Å². The van der Waals surface area contributed by atoms with Crippen LogP contribution in [0.15, 0.2) is 0 Å². The summed E-state index contributed by atoms with van der Waals surface area (Å²) in [6.45, 7) is 2.20. The van der Waals surface area contributed by atoms with E-state index in [4.69, 9.17) is 12.2 Å². The Hall–Kier alpha value is -0.640. The SMILES string of the molecule is CC1CCC2NC(=S)NC(=O)C2C1. The molecule has 1 amide bonds. The van der Waals surface area contributed by atoms with Gasteiger partial charge in [0.25, 0.3) is 0 Å². The van der Waals surface area contributed by atoms with E-state index in [2.05, 4.69) is 17.6 Å². The van der Waals surface area contributed by atoms with Crippen molar-refractivity contribution in [3.05, 3.63) is 0 Å². The van der Waals surface area contributed by atoms with Crippen molar-refractivity contribution in [1.82, 2.24) is 10.6 Å². The molecule has 3 nitrogen and oxygen atoms in total. The summed E-state index contributed by atoms with van der Waals surface area (Å²) in [5.74, 6) is 0.913. The first-order valence-electron chi connectivity index (χ1n) is 4.78. The fraction of sp³-hybridized carbons (Fsp3) is 0.778. The Labute approximate surface area is 83.3 Å². The zero-order chi connectivity index (χ0) is 9.42. The van der Waals surface area contributed by atoms with Crippen molar-refractivity contribution in [2.24, 2.45) is 11.8 Å². The van der Waals surface area contributed by atoms with Gasteiger partial charge in [0.15, 0.2) is 5.11 Å². The van der Waals surface area contributed by atoms with Crippen LogP contribution in [0.25, 0.3) is 0 Å². The topological polar surface area (TPSA) is 41.1 Å². The van der Waals surface area contributed by atoms with Crippen LogP contribution in [0.5, 0.6) is 0 Å². The maximum absolute atomic E-state index is 11.5. The Bertz CT molecular complexity index is 254. The molecule has 72 valence electrons. The Balaban J connectivity index is 2.11. The lowest BCUT2D eigenvalue weighted by molar-refractivity contribution is -0.126.